The van der Waals surface area contributed by atoms with Crippen molar-refractivity contribution in [3.8, 4) is 12.3 Å². The van der Waals surface area contributed by atoms with E-state index in [1.807, 2.05) is 6.92 Å². The zero-order valence-corrected chi connectivity index (χ0v) is 9.99. The predicted octanol–water partition coefficient (Wildman–Crippen LogP) is 2.16. The van der Waals surface area contributed by atoms with Gasteiger partial charge in [-0.15, -0.1) is 6.42 Å². The highest BCUT2D eigenvalue weighted by molar-refractivity contribution is 8.69. The van der Waals surface area contributed by atoms with Crippen molar-refractivity contribution in [2.24, 2.45) is 0 Å². The highest BCUT2D eigenvalue weighted by Gasteiger charge is 2.14. The summed E-state index contributed by atoms with van der Waals surface area (Å²) in [5, 5.41) is 2.86. The molecule has 1 unspecified atom stereocenters. The van der Waals surface area contributed by atoms with E-state index in [4.69, 9.17) is 22.8 Å². The maximum absolute atomic E-state index is 5.36. The molecule has 0 saturated carbocycles. The Morgan fingerprint density at radius 3 is 2.92 bits per heavy atom. The molecule has 0 aliphatic carbocycles. The molecule has 1 atom stereocenters. The van der Waals surface area contributed by atoms with Gasteiger partial charge in [-0.2, -0.15) is 0 Å². The van der Waals surface area contributed by atoms with Gasteiger partial charge in [0.2, 0.25) is 5.62 Å². The summed E-state index contributed by atoms with van der Waals surface area (Å²) >= 11 is 11.3. The molecule has 1 N–H and O–H groups in total. The fourth-order valence-corrected chi connectivity index (χ4v) is 4.86. The lowest BCUT2D eigenvalue weighted by Gasteiger charge is -2.18. The number of terminal acetylenes is 1. The highest BCUT2D eigenvalue weighted by atomic mass is 32.9. The van der Waals surface area contributed by atoms with Gasteiger partial charge < -0.3 is 9.61 Å². The standard InChI is InChI=1S/C6H10NOPS3/c1-3-5-12-9(11,7-6-10)8-4-2/h1,6H,4-5H2,2H3,(H,7,10,11). The van der Waals surface area contributed by atoms with E-state index in [1.54, 1.807) is 0 Å². The molecule has 0 fully saturated rings. The lowest BCUT2D eigenvalue weighted by atomic mass is 10.8. The molecule has 0 radical (unpaired) electrons. The number of hydrogen-bond acceptors (Lipinski definition) is 4. The van der Waals surface area contributed by atoms with Crippen LogP contribution in [0.3, 0.4) is 0 Å². The second kappa shape index (κ2) is 6.88. The van der Waals surface area contributed by atoms with Crippen molar-refractivity contribution in [3.63, 3.8) is 0 Å². The minimum atomic E-state index is -2.04. The molecule has 68 valence electrons. The fraction of sp³-hybridized carbons (Fsp3) is 0.500. The van der Waals surface area contributed by atoms with E-state index in [9.17, 15) is 0 Å². The van der Waals surface area contributed by atoms with Crippen LogP contribution in [0.15, 0.2) is 0 Å². The van der Waals surface area contributed by atoms with E-state index in [0.717, 1.165) is 0 Å². The smallest absolute Gasteiger partial charge is 0.211 e. The van der Waals surface area contributed by atoms with E-state index in [-0.39, 0.29) is 0 Å². The maximum Gasteiger partial charge on any atom is 0.211 e. The molecule has 0 aromatic heterocycles. The third kappa shape index (κ3) is 5.13. The molecule has 0 saturated heterocycles. The molecule has 2 nitrogen and oxygen atoms in total. The van der Waals surface area contributed by atoms with E-state index < -0.39 is 5.62 Å². The molecule has 0 amide bonds. The molecule has 0 spiro atoms. The second-order valence-corrected chi connectivity index (χ2v) is 8.49. The van der Waals surface area contributed by atoms with Gasteiger partial charge in [0.05, 0.1) is 17.9 Å². The number of nitrogens with one attached hydrogen (secondary N) is 1. The number of rotatable bonds is 6. The molecule has 0 rings (SSSR count). The topological polar surface area (TPSA) is 21.3 Å². The lowest BCUT2D eigenvalue weighted by Crippen LogP contribution is -2.06. The van der Waals surface area contributed by atoms with Gasteiger partial charge in [-0.3, -0.25) is 0 Å². The largest absolute Gasteiger partial charge is 0.327 e. The van der Waals surface area contributed by atoms with Crippen LogP contribution in [-0.4, -0.2) is 17.9 Å². The van der Waals surface area contributed by atoms with E-state index in [2.05, 4.69) is 23.2 Å². The second-order valence-electron chi connectivity index (χ2n) is 1.64. The molecule has 0 aliphatic heterocycles. The maximum atomic E-state index is 5.36. The minimum Gasteiger partial charge on any atom is -0.327 e. The summed E-state index contributed by atoms with van der Waals surface area (Å²) in [4.78, 5) is 0. The fourth-order valence-electron chi connectivity index (χ4n) is 0.469. The van der Waals surface area contributed by atoms with Crippen LogP contribution in [0.25, 0.3) is 0 Å². The van der Waals surface area contributed by atoms with Crippen molar-refractivity contribution in [1.82, 2.24) is 5.09 Å². The van der Waals surface area contributed by atoms with Gasteiger partial charge in [0.25, 0.3) is 0 Å². The summed E-state index contributed by atoms with van der Waals surface area (Å²) in [6.45, 7) is 2.47. The normalized spacial score (nSPS) is 14.3. The Labute approximate surface area is 87.7 Å². The van der Waals surface area contributed by atoms with Gasteiger partial charge in [0.15, 0.2) is 0 Å². The summed E-state index contributed by atoms with van der Waals surface area (Å²) in [6, 6.07) is 0. The van der Waals surface area contributed by atoms with Gasteiger partial charge in [0, 0.05) is 0 Å². The van der Waals surface area contributed by atoms with Crippen LogP contribution >= 0.6 is 29.2 Å². The van der Waals surface area contributed by atoms with Gasteiger partial charge in [-0.1, -0.05) is 29.5 Å². The van der Waals surface area contributed by atoms with Crippen molar-refractivity contribution in [2.75, 3.05) is 12.4 Å². The molecular weight excluding hydrogens is 229 g/mol. The van der Waals surface area contributed by atoms with Crippen LogP contribution in [0.1, 0.15) is 6.92 Å². The quantitative estimate of drug-likeness (QED) is 0.434. The van der Waals surface area contributed by atoms with Crippen LogP contribution in [-0.2, 0) is 16.3 Å². The SMILES string of the molecule is C#CCSP(=S)(NC=S)OCC. The first kappa shape index (κ1) is 12.4. The van der Waals surface area contributed by atoms with Crippen LogP contribution in [0, 0.1) is 12.3 Å². The molecule has 6 heteroatoms. The van der Waals surface area contributed by atoms with Crippen molar-refractivity contribution in [2.45, 2.75) is 6.92 Å². The van der Waals surface area contributed by atoms with Crippen molar-refractivity contribution >= 4 is 46.5 Å². The zero-order valence-electron chi connectivity index (χ0n) is 6.65. The molecule has 0 heterocycles. The lowest BCUT2D eigenvalue weighted by molar-refractivity contribution is 0.383. The Hall–Kier alpha value is 0.410. The third-order valence-electron chi connectivity index (χ3n) is 0.828. The average molecular weight is 239 g/mol. The molecule has 0 aromatic rings. The summed E-state index contributed by atoms with van der Waals surface area (Å²) < 4.78 is 5.36. The van der Waals surface area contributed by atoms with Gasteiger partial charge in [-0.05, 0) is 18.7 Å². The van der Waals surface area contributed by atoms with Crippen LogP contribution in [0.5, 0.6) is 0 Å². The minimum absolute atomic E-state index is 0.549. The Bertz CT molecular complexity index is 225. The summed E-state index contributed by atoms with van der Waals surface area (Å²) in [7, 11) is 0. The summed E-state index contributed by atoms with van der Waals surface area (Å²) in [6.07, 6.45) is 5.11. The Morgan fingerprint density at radius 1 is 1.83 bits per heavy atom. The molecular formula is C6H10NOPS3. The zero-order chi connectivity index (χ0) is 9.45. The van der Waals surface area contributed by atoms with Crippen LogP contribution < -0.4 is 5.09 Å². The molecule has 0 aromatic carbocycles. The molecule has 0 aliphatic rings. The molecule has 12 heavy (non-hydrogen) atoms. The monoisotopic (exact) mass is 239 g/mol. The van der Waals surface area contributed by atoms with Gasteiger partial charge in [0.1, 0.15) is 0 Å². The Morgan fingerprint density at radius 2 is 2.50 bits per heavy atom. The Kier molecular flexibility index (Phi) is 7.11. The average Bonchev–Trinajstić information content (AvgIpc) is 2.02. The van der Waals surface area contributed by atoms with Crippen molar-refractivity contribution < 1.29 is 4.52 Å². The van der Waals surface area contributed by atoms with Crippen LogP contribution in [0.2, 0.25) is 0 Å². The van der Waals surface area contributed by atoms with Crippen molar-refractivity contribution in [1.29, 1.82) is 0 Å². The number of thiocarbonyl (C=S) groups is 1. The summed E-state index contributed by atoms with van der Waals surface area (Å²) in [5.41, 5.74) is -0.649. The predicted molar refractivity (Wildman–Crippen MR) is 64.0 cm³/mol. The number of hydrogen-bond donors (Lipinski definition) is 1. The van der Waals surface area contributed by atoms with E-state index in [0.29, 0.717) is 12.4 Å². The van der Waals surface area contributed by atoms with E-state index >= 15 is 0 Å². The first-order chi connectivity index (χ1) is 5.68. The van der Waals surface area contributed by atoms with Gasteiger partial charge >= 0.3 is 0 Å². The van der Waals surface area contributed by atoms with Gasteiger partial charge in [-0.25, -0.2) is 0 Å². The highest BCUT2D eigenvalue weighted by Crippen LogP contribution is 2.55. The van der Waals surface area contributed by atoms with Crippen LogP contribution in [0.4, 0.5) is 0 Å². The Balaban J connectivity index is 4.09. The first-order valence-corrected chi connectivity index (χ1v) is 8.00. The summed E-state index contributed by atoms with van der Waals surface area (Å²) in [5.74, 6) is 3.05. The van der Waals surface area contributed by atoms with E-state index in [1.165, 1.54) is 16.9 Å². The van der Waals surface area contributed by atoms with Crippen molar-refractivity contribution in [3.05, 3.63) is 0 Å². The molecule has 0 bridgehead atoms. The third-order valence-corrected chi connectivity index (χ3v) is 6.42. The first-order valence-electron chi connectivity index (χ1n) is 3.22.